The van der Waals surface area contributed by atoms with E-state index in [2.05, 4.69) is 15.5 Å². The Morgan fingerprint density at radius 1 is 1.08 bits per heavy atom. The van der Waals surface area contributed by atoms with E-state index in [-0.39, 0.29) is 37.0 Å². The fourth-order valence-electron chi connectivity index (χ4n) is 3.31. The second kappa shape index (κ2) is 8.45. The maximum absolute atomic E-state index is 12.2. The van der Waals surface area contributed by atoms with Crippen LogP contribution in [0.1, 0.15) is 30.5 Å². The Hall–Kier alpha value is -1.92. The third-order valence-corrected chi connectivity index (χ3v) is 4.56. The zero-order chi connectivity index (χ0) is 18.6. The molecule has 6 heteroatoms. The minimum Gasteiger partial charge on any atom is -0.378 e. The first-order valence-corrected chi connectivity index (χ1v) is 8.75. The monoisotopic (exact) mass is 347 g/mol. The van der Waals surface area contributed by atoms with Gasteiger partial charge in [-0.05, 0) is 45.7 Å². The molecule has 0 unspecified atom stereocenters. The highest BCUT2D eigenvalue weighted by Gasteiger charge is 2.27. The Balaban J connectivity index is 1.84. The van der Waals surface area contributed by atoms with Crippen LogP contribution in [-0.4, -0.2) is 55.1 Å². The van der Waals surface area contributed by atoms with Gasteiger partial charge in [-0.2, -0.15) is 0 Å². The molecule has 0 aliphatic carbocycles. The number of carbonyl (C=O) groups is 2. The van der Waals surface area contributed by atoms with Crippen molar-refractivity contribution in [3.63, 3.8) is 0 Å². The van der Waals surface area contributed by atoms with E-state index in [1.165, 1.54) is 0 Å². The van der Waals surface area contributed by atoms with E-state index in [0.717, 1.165) is 22.4 Å². The first kappa shape index (κ1) is 19.4. The maximum atomic E-state index is 12.2. The van der Waals surface area contributed by atoms with Gasteiger partial charge >= 0.3 is 0 Å². The lowest BCUT2D eigenvalue weighted by atomic mass is 10.1. The number of hydrogen-bond donors (Lipinski definition) is 2. The summed E-state index contributed by atoms with van der Waals surface area (Å²) in [5.41, 5.74) is 4.02. The average molecular weight is 347 g/mol. The molecule has 1 saturated heterocycles. The molecule has 138 valence electrons. The number of rotatable bonds is 5. The first-order chi connectivity index (χ1) is 11.8. The molecule has 2 rings (SSSR count). The second-order valence-electron chi connectivity index (χ2n) is 7.01. The number of benzene rings is 1. The van der Waals surface area contributed by atoms with Crippen molar-refractivity contribution >= 4 is 17.5 Å². The van der Waals surface area contributed by atoms with Crippen molar-refractivity contribution in [3.05, 3.63) is 28.8 Å². The summed E-state index contributed by atoms with van der Waals surface area (Å²) in [5.74, 6) is -0.362. The van der Waals surface area contributed by atoms with Crippen molar-refractivity contribution in [2.24, 2.45) is 0 Å². The molecule has 0 radical (unpaired) electrons. The summed E-state index contributed by atoms with van der Waals surface area (Å²) in [5, 5.41) is 5.60. The molecule has 0 saturated carbocycles. The van der Waals surface area contributed by atoms with Crippen LogP contribution in [0, 0.1) is 20.8 Å². The molecular formula is C19H29N3O3. The summed E-state index contributed by atoms with van der Waals surface area (Å²) < 4.78 is 5.46. The van der Waals surface area contributed by atoms with Crippen LogP contribution in [-0.2, 0) is 14.3 Å². The Bertz CT molecular complexity index is 612. The largest absolute Gasteiger partial charge is 0.378 e. The van der Waals surface area contributed by atoms with Gasteiger partial charge < -0.3 is 15.4 Å². The smallest absolute Gasteiger partial charge is 0.243 e. The molecule has 1 aromatic rings. The molecule has 2 N–H and O–H groups in total. The molecular weight excluding hydrogens is 318 g/mol. The number of morpholine rings is 1. The molecule has 0 aromatic heterocycles. The van der Waals surface area contributed by atoms with Crippen molar-refractivity contribution in [2.45, 2.75) is 46.7 Å². The predicted molar refractivity (Wildman–Crippen MR) is 98.7 cm³/mol. The van der Waals surface area contributed by atoms with Crippen molar-refractivity contribution in [1.82, 2.24) is 10.2 Å². The number of anilines is 1. The maximum Gasteiger partial charge on any atom is 0.243 e. The summed E-state index contributed by atoms with van der Waals surface area (Å²) in [7, 11) is 0. The number of hydrogen-bond acceptors (Lipinski definition) is 4. The highest BCUT2D eigenvalue weighted by Crippen LogP contribution is 2.21. The van der Waals surface area contributed by atoms with E-state index in [9.17, 15) is 9.59 Å². The van der Waals surface area contributed by atoms with E-state index in [4.69, 9.17) is 4.74 Å². The van der Waals surface area contributed by atoms with Gasteiger partial charge in [0, 0.05) is 17.8 Å². The number of aryl methyl sites for hydroxylation is 3. The van der Waals surface area contributed by atoms with Crippen LogP contribution in [0.25, 0.3) is 0 Å². The molecule has 25 heavy (non-hydrogen) atoms. The molecule has 1 aliphatic rings. The summed E-state index contributed by atoms with van der Waals surface area (Å²) in [4.78, 5) is 26.4. The highest BCUT2D eigenvalue weighted by molar-refractivity contribution is 5.96. The SMILES string of the molecule is Cc1cc(C)c(NC(=O)CNC(=O)CN2[C@@H](C)COC[C@@H]2C)c(C)c1. The first-order valence-electron chi connectivity index (χ1n) is 8.75. The van der Waals surface area contributed by atoms with Crippen LogP contribution < -0.4 is 10.6 Å². The van der Waals surface area contributed by atoms with Gasteiger partial charge in [-0.3, -0.25) is 14.5 Å². The van der Waals surface area contributed by atoms with Crippen LogP contribution in [0.4, 0.5) is 5.69 Å². The molecule has 1 aromatic carbocycles. The molecule has 1 fully saturated rings. The minimum absolute atomic E-state index is 0.0291. The van der Waals surface area contributed by atoms with Crippen LogP contribution in [0.2, 0.25) is 0 Å². The molecule has 0 bridgehead atoms. The van der Waals surface area contributed by atoms with Crippen molar-refractivity contribution in [2.75, 3.05) is 31.6 Å². The van der Waals surface area contributed by atoms with Crippen molar-refractivity contribution in [3.8, 4) is 0 Å². The predicted octanol–water partition coefficient (Wildman–Crippen LogP) is 1.78. The van der Waals surface area contributed by atoms with Gasteiger partial charge in [0.2, 0.25) is 11.8 Å². The van der Waals surface area contributed by atoms with E-state index in [1.54, 1.807) is 0 Å². The number of nitrogens with zero attached hydrogens (tertiary/aromatic N) is 1. The van der Waals surface area contributed by atoms with Crippen LogP contribution in [0.5, 0.6) is 0 Å². The number of carbonyl (C=O) groups excluding carboxylic acids is 2. The molecule has 1 aliphatic heterocycles. The second-order valence-corrected chi connectivity index (χ2v) is 7.01. The van der Waals surface area contributed by atoms with Gasteiger partial charge in [-0.25, -0.2) is 0 Å². The van der Waals surface area contributed by atoms with Gasteiger partial charge in [0.1, 0.15) is 0 Å². The molecule has 1 heterocycles. The topological polar surface area (TPSA) is 70.7 Å². The summed E-state index contributed by atoms with van der Waals surface area (Å²) in [6.07, 6.45) is 0. The molecule has 6 nitrogen and oxygen atoms in total. The van der Waals surface area contributed by atoms with Gasteiger partial charge in [-0.15, -0.1) is 0 Å². The van der Waals surface area contributed by atoms with E-state index in [1.807, 2.05) is 46.8 Å². The van der Waals surface area contributed by atoms with Gasteiger partial charge in [0.15, 0.2) is 0 Å². The standard InChI is InChI=1S/C19H29N3O3/c1-12-6-13(2)19(14(3)7-12)21-17(23)8-20-18(24)9-22-15(4)10-25-11-16(22)5/h6-7,15-16H,8-11H2,1-5H3,(H,20,24)(H,21,23)/t15-,16-/m0/s1. The Kier molecular flexibility index (Phi) is 6.56. The zero-order valence-electron chi connectivity index (χ0n) is 15.8. The molecule has 2 atom stereocenters. The van der Waals surface area contributed by atoms with E-state index in [0.29, 0.717) is 13.2 Å². The highest BCUT2D eigenvalue weighted by atomic mass is 16.5. The van der Waals surface area contributed by atoms with Crippen LogP contribution >= 0.6 is 0 Å². The molecule has 0 spiro atoms. The van der Waals surface area contributed by atoms with Gasteiger partial charge in [-0.1, -0.05) is 17.7 Å². The fraction of sp³-hybridized carbons (Fsp3) is 0.579. The van der Waals surface area contributed by atoms with Crippen LogP contribution in [0.3, 0.4) is 0 Å². The van der Waals surface area contributed by atoms with E-state index >= 15 is 0 Å². The lowest BCUT2D eigenvalue weighted by Gasteiger charge is -2.38. The Morgan fingerprint density at radius 3 is 2.20 bits per heavy atom. The minimum atomic E-state index is -0.216. The third kappa shape index (κ3) is 5.28. The van der Waals surface area contributed by atoms with Crippen LogP contribution in [0.15, 0.2) is 12.1 Å². The summed E-state index contributed by atoms with van der Waals surface area (Å²) >= 11 is 0. The summed E-state index contributed by atoms with van der Waals surface area (Å²) in [6.45, 7) is 11.6. The van der Waals surface area contributed by atoms with Gasteiger partial charge in [0.25, 0.3) is 0 Å². The lowest BCUT2D eigenvalue weighted by molar-refractivity contribution is -0.128. The Morgan fingerprint density at radius 2 is 1.64 bits per heavy atom. The number of nitrogens with one attached hydrogen (secondary N) is 2. The lowest BCUT2D eigenvalue weighted by Crippen LogP contribution is -2.53. The normalized spacial score (nSPS) is 21.0. The quantitative estimate of drug-likeness (QED) is 0.852. The zero-order valence-corrected chi connectivity index (χ0v) is 15.8. The van der Waals surface area contributed by atoms with Crippen molar-refractivity contribution < 1.29 is 14.3 Å². The third-order valence-electron chi connectivity index (χ3n) is 4.56. The number of amides is 2. The van der Waals surface area contributed by atoms with E-state index < -0.39 is 0 Å². The fourth-order valence-corrected chi connectivity index (χ4v) is 3.31. The number of ether oxygens (including phenoxy) is 1. The van der Waals surface area contributed by atoms with Gasteiger partial charge in [0.05, 0.1) is 26.3 Å². The molecule has 2 amide bonds. The Labute approximate surface area is 149 Å². The van der Waals surface area contributed by atoms with Crippen molar-refractivity contribution in [1.29, 1.82) is 0 Å². The average Bonchev–Trinajstić information content (AvgIpc) is 2.52. The summed E-state index contributed by atoms with van der Waals surface area (Å²) in [6, 6.07) is 4.45.